The van der Waals surface area contributed by atoms with Crippen molar-refractivity contribution in [1.82, 2.24) is 4.98 Å². The van der Waals surface area contributed by atoms with Crippen LogP contribution in [-0.2, 0) is 4.79 Å². The number of benzene rings is 2. The molecule has 2 aromatic carbocycles. The van der Waals surface area contributed by atoms with Crippen LogP contribution in [0.2, 0.25) is 0 Å². The second kappa shape index (κ2) is 6.60. The summed E-state index contributed by atoms with van der Waals surface area (Å²) in [7, 11) is 0. The molecule has 0 bridgehead atoms. The van der Waals surface area contributed by atoms with E-state index < -0.39 is 11.0 Å². The number of oxazole rings is 1. The molecule has 1 aromatic heterocycles. The molecule has 1 heterocycles. The van der Waals surface area contributed by atoms with Crippen LogP contribution in [0.5, 0.6) is 0 Å². The maximum absolute atomic E-state index is 12.3. The molecule has 0 radical (unpaired) electrons. The Bertz CT molecular complexity index is 951. The van der Waals surface area contributed by atoms with E-state index in [1.54, 1.807) is 38.1 Å². The predicted molar refractivity (Wildman–Crippen MR) is 93.6 cm³/mol. The average molecular weight is 340 g/mol. The van der Waals surface area contributed by atoms with E-state index in [1.165, 1.54) is 18.2 Å². The van der Waals surface area contributed by atoms with E-state index in [-0.39, 0.29) is 11.6 Å². The van der Waals surface area contributed by atoms with Crippen LogP contribution >= 0.6 is 0 Å². The zero-order valence-electron chi connectivity index (χ0n) is 13.6. The van der Waals surface area contributed by atoms with Crippen LogP contribution < -0.4 is 10.6 Å². The molecule has 2 N–H and O–H groups in total. The number of non-ortho nitro benzene ring substituents is 1. The van der Waals surface area contributed by atoms with Gasteiger partial charge in [-0.2, -0.15) is 0 Å². The number of nitrogens with one attached hydrogen (secondary N) is 2. The third-order valence-electron chi connectivity index (χ3n) is 3.60. The van der Waals surface area contributed by atoms with E-state index in [1.807, 2.05) is 0 Å². The highest BCUT2D eigenvalue weighted by Crippen LogP contribution is 2.21. The van der Waals surface area contributed by atoms with Crippen LogP contribution in [0.25, 0.3) is 11.1 Å². The van der Waals surface area contributed by atoms with Gasteiger partial charge in [0.1, 0.15) is 11.6 Å². The largest absolute Gasteiger partial charge is 0.441 e. The number of nitrogens with zero attached hydrogens (tertiary/aromatic N) is 2. The summed E-state index contributed by atoms with van der Waals surface area (Å²) in [4.78, 5) is 26.8. The summed E-state index contributed by atoms with van der Waals surface area (Å²) in [6.07, 6.45) is 0. The second-order valence-electron chi connectivity index (χ2n) is 5.58. The Kier molecular flexibility index (Phi) is 4.34. The fourth-order valence-electron chi connectivity index (χ4n) is 2.40. The molecule has 0 saturated carbocycles. The van der Waals surface area contributed by atoms with Gasteiger partial charge in [0.2, 0.25) is 5.91 Å². The van der Waals surface area contributed by atoms with Crippen LogP contribution in [0.3, 0.4) is 0 Å². The molecule has 3 rings (SSSR count). The lowest BCUT2D eigenvalue weighted by Gasteiger charge is -2.15. The Labute approximate surface area is 143 Å². The summed E-state index contributed by atoms with van der Waals surface area (Å²) in [6.45, 7) is 3.47. The number of hydrogen-bond donors (Lipinski definition) is 2. The average Bonchev–Trinajstić information content (AvgIpc) is 2.94. The molecule has 1 amide bonds. The van der Waals surface area contributed by atoms with E-state index in [4.69, 9.17) is 4.42 Å². The molecule has 128 valence electrons. The topological polar surface area (TPSA) is 110 Å². The number of aromatic nitrogens is 1. The Morgan fingerprint density at radius 2 is 2.04 bits per heavy atom. The van der Waals surface area contributed by atoms with Crippen LogP contribution in [0.1, 0.15) is 12.8 Å². The van der Waals surface area contributed by atoms with Gasteiger partial charge in [0, 0.05) is 30.4 Å². The third-order valence-corrected chi connectivity index (χ3v) is 3.60. The number of amides is 1. The first-order valence-corrected chi connectivity index (χ1v) is 7.61. The van der Waals surface area contributed by atoms with Gasteiger partial charge < -0.3 is 15.1 Å². The molecule has 0 aliphatic heterocycles. The predicted octanol–water partition coefficient (Wildman–Crippen LogP) is 3.48. The molecule has 0 aliphatic carbocycles. The summed E-state index contributed by atoms with van der Waals surface area (Å²) in [6, 6.07) is 10.6. The smallest absolute Gasteiger partial charge is 0.271 e. The van der Waals surface area contributed by atoms with Gasteiger partial charge in [-0.3, -0.25) is 14.9 Å². The molecular formula is C17H16N4O4. The maximum Gasteiger partial charge on any atom is 0.271 e. The van der Waals surface area contributed by atoms with Gasteiger partial charge in [0.25, 0.3) is 5.69 Å². The van der Waals surface area contributed by atoms with Gasteiger partial charge in [-0.25, -0.2) is 4.98 Å². The highest BCUT2D eigenvalue weighted by Gasteiger charge is 2.15. The summed E-state index contributed by atoms with van der Waals surface area (Å²) in [5.74, 6) is 0.264. The van der Waals surface area contributed by atoms with Crippen molar-refractivity contribution < 1.29 is 14.1 Å². The number of fused-ring (bicyclic) bond motifs is 1. The van der Waals surface area contributed by atoms with Crippen molar-refractivity contribution in [3.05, 3.63) is 58.5 Å². The molecule has 1 atom stereocenters. The number of carbonyl (C=O) groups is 1. The summed E-state index contributed by atoms with van der Waals surface area (Å²) in [5.41, 5.74) is 2.40. The van der Waals surface area contributed by atoms with Crippen LogP contribution in [0.4, 0.5) is 17.1 Å². The molecule has 0 saturated heterocycles. The minimum Gasteiger partial charge on any atom is -0.441 e. The fraction of sp³-hybridized carbons (Fsp3) is 0.176. The Hall–Kier alpha value is -3.42. The molecule has 0 aliphatic rings. The van der Waals surface area contributed by atoms with E-state index in [9.17, 15) is 14.9 Å². The van der Waals surface area contributed by atoms with Gasteiger partial charge in [-0.1, -0.05) is 6.07 Å². The molecule has 8 heteroatoms. The molecule has 0 fully saturated rings. The van der Waals surface area contributed by atoms with Crippen LogP contribution in [0, 0.1) is 17.0 Å². The summed E-state index contributed by atoms with van der Waals surface area (Å²) in [5, 5.41) is 16.5. The van der Waals surface area contributed by atoms with Crippen molar-refractivity contribution in [3.8, 4) is 0 Å². The van der Waals surface area contributed by atoms with Crippen molar-refractivity contribution in [1.29, 1.82) is 0 Å². The molecular weight excluding hydrogens is 324 g/mol. The van der Waals surface area contributed by atoms with E-state index in [0.717, 1.165) is 5.69 Å². The lowest BCUT2D eigenvalue weighted by Crippen LogP contribution is -2.31. The number of hydrogen-bond acceptors (Lipinski definition) is 6. The monoisotopic (exact) mass is 340 g/mol. The Balaban J connectivity index is 1.69. The number of aryl methyl sites for hydroxylation is 1. The van der Waals surface area contributed by atoms with Crippen LogP contribution in [0.15, 0.2) is 46.9 Å². The maximum atomic E-state index is 12.3. The first kappa shape index (κ1) is 16.4. The highest BCUT2D eigenvalue weighted by molar-refractivity contribution is 5.96. The SMILES string of the molecule is Cc1nc2cc(N[C@H](C)C(=O)Nc3cccc([N+](=O)[O-])c3)ccc2o1. The van der Waals surface area contributed by atoms with Crippen LogP contribution in [-0.4, -0.2) is 21.9 Å². The summed E-state index contributed by atoms with van der Waals surface area (Å²) >= 11 is 0. The molecule has 0 spiro atoms. The van der Waals surface area contributed by atoms with Gasteiger partial charge in [-0.15, -0.1) is 0 Å². The van der Waals surface area contributed by atoms with Gasteiger partial charge in [0.15, 0.2) is 11.5 Å². The number of anilines is 2. The lowest BCUT2D eigenvalue weighted by atomic mass is 10.2. The first-order valence-electron chi connectivity index (χ1n) is 7.61. The Morgan fingerprint density at radius 1 is 1.24 bits per heavy atom. The Morgan fingerprint density at radius 3 is 2.80 bits per heavy atom. The van der Waals surface area contributed by atoms with Crippen molar-refractivity contribution in [3.63, 3.8) is 0 Å². The fourth-order valence-corrected chi connectivity index (χ4v) is 2.40. The standard InChI is InChI=1S/C17H16N4O4/c1-10(17(22)20-12-4-3-5-14(8-12)21(23)24)18-13-6-7-16-15(9-13)19-11(2)25-16/h3-10,18H,1-2H3,(H,20,22)/t10-/m1/s1. The number of nitro groups is 1. The number of rotatable bonds is 5. The normalized spacial score (nSPS) is 11.9. The molecule has 3 aromatic rings. The molecule has 8 nitrogen and oxygen atoms in total. The van der Waals surface area contributed by atoms with Crippen molar-refractivity contribution in [2.24, 2.45) is 0 Å². The minimum absolute atomic E-state index is 0.0785. The first-order chi connectivity index (χ1) is 11.9. The van der Waals surface area contributed by atoms with E-state index in [0.29, 0.717) is 22.7 Å². The number of carbonyl (C=O) groups excluding carboxylic acids is 1. The second-order valence-corrected chi connectivity index (χ2v) is 5.58. The van der Waals surface area contributed by atoms with Crippen molar-refractivity contribution in [2.45, 2.75) is 19.9 Å². The zero-order chi connectivity index (χ0) is 18.0. The molecule has 0 unspecified atom stereocenters. The third kappa shape index (κ3) is 3.74. The lowest BCUT2D eigenvalue weighted by molar-refractivity contribution is -0.384. The van der Waals surface area contributed by atoms with E-state index in [2.05, 4.69) is 15.6 Å². The summed E-state index contributed by atoms with van der Waals surface area (Å²) < 4.78 is 5.41. The zero-order valence-corrected chi connectivity index (χ0v) is 13.6. The van der Waals surface area contributed by atoms with Gasteiger partial charge in [0.05, 0.1) is 4.92 Å². The van der Waals surface area contributed by atoms with Gasteiger partial charge in [-0.05, 0) is 31.2 Å². The minimum atomic E-state index is -0.551. The van der Waals surface area contributed by atoms with E-state index >= 15 is 0 Å². The van der Waals surface area contributed by atoms with Crippen molar-refractivity contribution >= 4 is 34.1 Å². The van der Waals surface area contributed by atoms with Crippen molar-refractivity contribution in [2.75, 3.05) is 10.6 Å². The van der Waals surface area contributed by atoms with Gasteiger partial charge >= 0.3 is 0 Å². The highest BCUT2D eigenvalue weighted by atomic mass is 16.6. The molecule has 25 heavy (non-hydrogen) atoms. The number of nitro benzene ring substituents is 1. The quantitative estimate of drug-likeness (QED) is 0.543.